The summed E-state index contributed by atoms with van der Waals surface area (Å²) >= 11 is 0. The molecule has 0 heterocycles. The highest BCUT2D eigenvalue weighted by Crippen LogP contribution is 2.37. The Kier molecular flexibility index (Phi) is 6.49. The second-order valence-corrected chi connectivity index (χ2v) is 5.88. The van der Waals surface area contributed by atoms with Crippen LogP contribution in [0.25, 0.3) is 0 Å². The van der Waals surface area contributed by atoms with Crippen LogP contribution in [0.4, 0.5) is 24.5 Å². The molecule has 2 N–H and O–H groups in total. The van der Waals surface area contributed by atoms with E-state index in [1.807, 2.05) is 5.32 Å². The van der Waals surface area contributed by atoms with Crippen LogP contribution in [-0.2, 0) is 15.7 Å². The molecule has 0 spiro atoms. The molecule has 2 rings (SSSR count). The molecule has 0 bridgehead atoms. The Hall–Kier alpha value is -3.83. The van der Waals surface area contributed by atoms with Gasteiger partial charge in [0.1, 0.15) is 5.56 Å². The predicted octanol–water partition coefficient (Wildman–Crippen LogP) is 3.51. The van der Waals surface area contributed by atoms with Crippen LogP contribution in [0.5, 0.6) is 11.5 Å². The van der Waals surface area contributed by atoms with Crippen LogP contribution in [0, 0.1) is 10.1 Å². The number of nitrogens with zero attached hydrogens (tertiary/aromatic N) is 1. The van der Waals surface area contributed by atoms with E-state index in [1.165, 1.54) is 25.3 Å². The quantitative estimate of drug-likeness (QED) is 0.409. The number of rotatable bonds is 6. The summed E-state index contributed by atoms with van der Waals surface area (Å²) < 4.78 is 49.3. The molecule has 1 amide bonds. The fraction of sp³-hybridized carbons (Fsp3) is 0.222. The number of anilines is 1. The zero-order valence-electron chi connectivity index (χ0n) is 15.5. The lowest BCUT2D eigenvalue weighted by molar-refractivity contribution is -0.385. The number of amides is 1. The van der Waals surface area contributed by atoms with Gasteiger partial charge < -0.3 is 19.9 Å². The molecule has 0 aliphatic rings. The van der Waals surface area contributed by atoms with Crippen molar-refractivity contribution in [2.24, 2.45) is 0 Å². The number of para-hydroxylation sites is 1. The third kappa shape index (κ3) is 4.96. The number of carbonyl (C=O) groups is 2. The number of carbonyl (C=O) groups excluding carboxylic acids is 2. The zero-order chi connectivity index (χ0) is 22.6. The maximum atomic E-state index is 13.2. The van der Waals surface area contributed by atoms with E-state index in [1.54, 1.807) is 0 Å². The highest BCUT2D eigenvalue weighted by Gasteiger charge is 2.36. The van der Waals surface area contributed by atoms with E-state index in [0.717, 1.165) is 19.1 Å². The van der Waals surface area contributed by atoms with Crippen molar-refractivity contribution in [1.29, 1.82) is 0 Å². The van der Waals surface area contributed by atoms with Gasteiger partial charge in [-0.3, -0.25) is 14.9 Å². The Bertz CT molecular complexity index is 992. The molecule has 0 fully saturated rings. The normalized spacial score (nSPS) is 12.0. The lowest BCUT2D eigenvalue weighted by atomic mass is 10.1. The molecule has 2 aromatic carbocycles. The first-order valence-corrected chi connectivity index (χ1v) is 8.19. The number of nitro benzene ring substituents is 1. The highest BCUT2D eigenvalue weighted by atomic mass is 19.4. The minimum Gasteiger partial charge on any atom is -0.504 e. The van der Waals surface area contributed by atoms with Crippen LogP contribution in [-0.4, -0.2) is 35.1 Å². The summed E-state index contributed by atoms with van der Waals surface area (Å²) in [6.45, 7) is 1.10. The Morgan fingerprint density at radius 3 is 2.47 bits per heavy atom. The van der Waals surface area contributed by atoms with Crippen molar-refractivity contribution >= 4 is 23.3 Å². The van der Waals surface area contributed by atoms with E-state index in [9.17, 15) is 38.0 Å². The first-order chi connectivity index (χ1) is 14.0. The second kappa shape index (κ2) is 8.68. The Morgan fingerprint density at radius 1 is 1.23 bits per heavy atom. The molecule has 0 radical (unpaired) electrons. The predicted molar refractivity (Wildman–Crippen MR) is 96.3 cm³/mol. The summed E-state index contributed by atoms with van der Waals surface area (Å²) in [4.78, 5) is 34.1. The van der Waals surface area contributed by atoms with E-state index >= 15 is 0 Å². The van der Waals surface area contributed by atoms with Crippen molar-refractivity contribution in [2.45, 2.75) is 19.2 Å². The maximum absolute atomic E-state index is 13.2. The van der Waals surface area contributed by atoms with Gasteiger partial charge in [0.2, 0.25) is 0 Å². The van der Waals surface area contributed by atoms with Crippen LogP contribution in [0.3, 0.4) is 0 Å². The molecule has 2 aromatic rings. The van der Waals surface area contributed by atoms with E-state index < -0.39 is 51.8 Å². The van der Waals surface area contributed by atoms with Crippen molar-refractivity contribution in [3.05, 3.63) is 57.6 Å². The van der Waals surface area contributed by atoms with Crippen LogP contribution >= 0.6 is 0 Å². The van der Waals surface area contributed by atoms with Gasteiger partial charge in [-0.1, -0.05) is 6.07 Å². The molecular formula is C18H15F3N2O7. The molecule has 160 valence electrons. The maximum Gasteiger partial charge on any atom is 0.418 e. The number of phenolic OH excluding ortho intramolecular Hbond substituents is 1. The molecule has 12 heteroatoms. The summed E-state index contributed by atoms with van der Waals surface area (Å²) in [5.41, 5.74) is -3.31. The lowest BCUT2D eigenvalue weighted by Gasteiger charge is -2.17. The number of nitrogens with one attached hydrogen (secondary N) is 1. The molecule has 30 heavy (non-hydrogen) atoms. The highest BCUT2D eigenvalue weighted by molar-refractivity contribution is 5.99. The van der Waals surface area contributed by atoms with Crippen molar-refractivity contribution in [1.82, 2.24) is 0 Å². The van der Waals surface area contributed by atoms with E-state index in [2.05, 4.69) is 0 Å². The average Bonchev–Trinajstić information content (AvgIpc) is 2.67. The molecule has 1 unspecified atom stereocenters. The number of nitro groups is 1. The molecule has 1 atom stereocenters. The van der Waals surface area contributed by atoms with E-state index in [4.69, 9.17) is 9.47 Å². The number of alkyl halides is 3. The summed E-state index contributed by atoms with van der Waals surface area (Å²) in [7, 11) is 1.25. The standard InChI is InChI=1S/C18H15F3N2O7/c1-9(30-17(26)11-4-3-5-14(29-2)15(11)24)16(25)22-13-7-6-10(23(27)28)8-12(13)18(19,20)21/h3-9,24H,1-2H3,(H,22,25). The van der Waals surface area contributed by atoms with Gasteiger partial charge in [0.25, 0.3) is 11.6 Å². The number of hydrogen-bond donors (Lipinski definition) is 2. The fourth-order valence-corrected chi connectivity index (χ4v) is 2.35. The third-order valence-corrected chi connectivity index (χ3v) is 3.87. The second-order valence-electron chi connectivity index (χ2n) is 5.88. The number of benzene rings is 2. The monoisotopic (exact) mass is 428 g/mol. The minimum absolute atomic E-state index is 0.0257. The Balaban J connectivity index is 2.20. The van der Waals surface area contributed by atoms with Gasteiger partial charge in [0, 0.05) is 12.1 Å². The van der Waals surface area contributed by atoms with Crippen LogP contribution in [0.2, 0.25) is 0 Å². The number of halogens is 3. The van der Waals surface area contributed by atoms with E-state index in [-0.39, 0.29) is 17.4 Å². The smallest absolute Gasteiger partial charge is 0.418 e. The fourth-order valence-electron chi connectivity index (χ4n) is 2.35. The molecule has 9 nitrogen and oxygen atoms in total. The molecule has 0 aliphatic heterocycles. The van der Waals surface area contributed by atoms with Gasteiger partial charge in [0.15, 0.2) is 17.6 Å². The van der Waals surface area contributed by atoms with Crippen LogP contribution < -0.4 is 10.1 Å². The summed E-state index contributed by atoms with van der Waals surface area (Å²) in [5, 5.41) is 22.6. The molecule has 0 aromatic heterocycles. The number of esters is 1. The van der Waals surface area contributed by atoms with Crippen molar-refractivity contribution < 1.29 is 42.3 Å². The van der Waals surface area contributed by atoms with Crippen LogP contribution in [0.1, 0.15) is 22.8 Å². The number of hydrogen-bond acceptors (Lipinski definition) is 7. The van der Waals surface area contributed by atoms with Crippen LogP contribution in [0.15, 0.2) is 36.4 Å². The van der Waals surface area contributed by atoms with Crippen molar-refractivity contribution in [3.8, 4) is 11.5 Å². The largest absolute Gasteiger partial charge is 0.504 e. The Labute approximate surface area is 167 Å². The van der Waals surface area contributed by atoms with E-state index in [0.29, 0.717) is 0 Å². The van der Waals surface area contributed by atoms with Gasteiger partial charge in [-0.15, -0.1) is 0 Å². The SMILES string of the molecule is COc1cccc(C(=O)OC(C)C(=O)Nc2ccc([N+](=O)[O-])cc2C(F)(F)F)c1O. The number of ether oxygens (including phenoxy) is 2. The summed E-state index contributed by atoms with van der Waals surface area (Å²) in [5.74, 6) is -2.80. The topological polar surface area (TPSA) is 128 Å². The van der Waals surface area contributed by atoms with Gasteiger partial charge in [-0.25, -0.2) is 4.79 Å². The number of methoxy groups -OCH3 is 1. The summed E-state index contributed by atoms with van der Waals surface area (Å²) in [6.07, 6.45) is -6.54. The molecule has 0 saturated carbocycles. The first kappa shape index (κ1) is 22.5. The summed E-state index contributed by atoms with van der Waals surface area (Å²) in [6, 6.07) is 5.74. The molecular weight excluding hydrogens is 413 g/mol. The third-order valence-electron chi connectivity index (χ3n) is 3.87. The van der Waals surface area contributed by atoms with Crippen molar-refractivity contribution in [2.75, 3.05) is 12.4 Å². The van der Waals surface area contributed by atoms with Gasteiger partial charge in [0.05, 0.1) is 23.3 Å². The minimum atomic E-state index is -4.99. The van der Waals surface area contributed by atoms with Crippen molar-refractivity contribution in [3.63, 3.8) is 0 Å². The molecule has 0 saturated heterocycles. The first-order valence-electron chi connectivity index (χ1n) is 8.19. The van der Waals surface area contributed by atoms with Gasteiger partial charge in [-0.2, -0.15) is 13.2 Å². The number of aromatic hydroxyl groups is 1. The lowest BCUT2D eigenvalue weighted by Crippen LogP contribution is -2.30. The van der Waals surface area contributed by atoms with Gasteiger partial charge >= 0.3 is 12.1 Å². The molecule has 0 aliphatic carbocycles. The average molecular weight is 428 g/mol. The zero-order valence-corrected chi connectivity index (χ0v) is 15.5. The Morgan fingerprint density at radius 2 is 1.90 bits per heavy atom. The number of non-ortho nitro benzene ring substituents is 1. The number of phenols is 1. The van der Waals surface area contributed by atoms with Gasteiger partial charge in [-0.05, 0) is 25.1 Å².